The smallest absolute Gasteiger partial charge is 0.0727 e. The molecule has 28 heavy (non-hydrogen) atoms. The van der Waals surface area contributed by atoms with Crippen LogP contribution in [-0.4, -0.2) is 13.2 Å². The van der Waals surface area contributed by atoms with Crippen LogP contribution in [-0.2, 0) is 22.7 Å². The van der Waals surface area contributed by atoms with Gasteiger partial charge in [-0.05, 0) is 49.4 Å². The Morgan fingerprint density at radius 2 is 1.00 bits per heavy atom. The van der Waals surface area contributed by atoms with Gasteiger partial charge < -0.3 is 9.47 Å². The Morgan fingerprint density at radius 1 is 0.536 bits per heavy atom. The molecule has 1 heterocycles. The van der Waals surface area contributed by atoms with Gasteiger partial charge >= 0.3 is 0 Å². The molecule has 0 saturated heterocycles. The fraction of sp³-hybridized carbons (Fsp3) is 0.154. The molecule has 5 rings (SSSR count). The average Bonchev–Trinajstić information content (AvgIpc) is 2.76. The van der Waals surface area contributed by atoms with E-state index in [-0.39, 0.29) is 0 Å². The first-order valence-corrected chi connectivity index (χ1v) is 9.65. The van der Waals surface area contributed by atoms with Gasteiger partial charge in [0, 0.05) is 0 Å². The maximum Gasteiger partial charge on any atom is 0.0727 e. The van der Waals surface area contributed by atoms with Crippen LogP contribution < -0.4 is 0 Å². The van der Waals surface area contributed by atoms with E-state index >= 15 is 0 Å². The topological polar surface area (TPSA) is 18.5 Å². The number of hydrogen-bond donors (Lipinski definition) is 0. The van der Waals surface area contributed by atoms with Crippen molar-refractivity contribution in [1.29, 1.82) is 0 Å². The first-order valence-electron chi connectivity index (χ1n) is 9.65. The summed E-state index contributed by atoms with van der Waals surface area (Å²) in [6.45, 7) is 6.23. The Labute approximate surface area is 165 Å². The monoisotopic (exact) mass is 366 g/mol. The minimum atomic E-state index is 0.517. The molecule has 0 bridgehead atoms. The van der Waals surface area contributed by atoms with Gasteiger partial charge in [0.1, 0.15) is 0 Å². The Bertz CT molecular complexity index is 1100. The van der Waals surface area contributed by atoms with Crippen LogP contribution in [0.2, 0.25) is 0 Å². The number of ether oxygens (including phenoxy) is 2. The van der Waals surface area contributed by atoms with Crippen molar-refractivity contribution in [2.24, 2.45) is 0 Å². The summed E-state index contributed by atoms with van der Waals surface area (Å²) >= 11 is 0. The molecule has 0 amide bonds. The van der Waals surface area contributed by atoms with Gasteiger partial charge in [0.2, 0.25) is 0 Å². The second-order valence-electron chi connectivity index (χ2n) is 7.38. The third-order valence-corrected chi connectivity index (χ3v) is 5.41. The quantitative estimate of drug-likeness (QED) is 0.342. The molecule has 0 N–H and O–H groups in total. The Hall–Kier alpha value is -2.94. The number of hydrogen-bond acceptors (Lipinski definition) is 2. The Balaban J connectivity index is 1.88. The van der Waals surface area contributed by atoms with Gasteiger partial charge in [0.15, 0.2) is 0 Å². The highest BCUT2D eigenvalue weighted by Crippen LogP contribution is 2.40. The summed E-state index contributed by atoms with van der Waals surface area (Å²) in [6, 6.07) is 25.9. The molecule has 0 aromatic heterocycles. The lowest BCUT2D eigenvalue weighted by molar-refractivity contribution is 0.107. The molecule has 4 aromatic carbocycles. The standard InChI is InChI=1S/C26H22O2/c1-18-14-27-16-21-12-10-19-6-2-4-8-23(19)25(21)26-22(17-28-15-18)13-11-20-7-3-5-9-24(20)26/h2-13H,1,14-17H2. The van der Waals surface area contributed by atoms with Crippen LogP contribution in [0, 0.1) is 0 Å². The molecule has 2 heteroatoms. The summed E-state index contributed by atoms with van der Waals surface area (Å²) in [6.07, 6.45) is 0. The predicted octanol–water partition coefficient (Wildman–Crippen LogP) is 6.26. The molecule has 0 fully saturated rings. The summed E-state index contributed by atoms with van der Waals surface area (Å²) in [5, 5.41) is 4.97. The summed E-state index contributed by atoms with van der Waals surface area (Å²) in [5.74, 6) is 0. The molecular weight excluding hydrogens is 344 g/mol. The van der Waals surface area contributed by atoms with E-state index in [9.17, 15) is 0 Å². The maximum atomic E-state index is 6.00. The fourth-order valence-corrected chi connectivity index (χ4v) is 4.12. The van der Waals surface area contributed by atoms with E-state index in [2.05, 4.69) is 79.4 Å². The van der Waals surface area contributed by atoms with Crippen molar-refractivity contribution >= 4 is 21.5 Å². The van der Waals surface area contributed by atoms with Gasteiger partial charge in [0.05, 0.1) is 26.4 Å². The lowest BCUT2D eigenvalue weighted by Crippen LogP contribution is -2.04. The molecule has 4 aromatic rings. The maximum absolute atomic E-state index is 6.00. The highest BCUT2D eigenvalue weighted by Gasteiger charge is 2.18. The molecule has 2 nitrogen and oxygen atoms in total. The highest BCUT2D eigenvalue weighted by molar-refractivity contribution is 6.07. The number of benzene rings is 4. The van der Waals surface area contributed by atoms with E-state index < -0.39 is 0 Å². The van der Waals surface area contributed by atoms with Crippen LogP contribution in [0.15, 0.2) is 84.9 Å². The highest BCUT2D eigenvalue weighted by atomic mass is 16.5. The van der Waals surface area contributed by atoms with E-state index in [4.69, 9.17) is 9.47 Å². The van der Waals surface area contributed by atoms with Crippen LogP contribution in [0.4, 0.5) is 0 Å². The van der Waals surface area contributed by atoms with Crippen molar-refractivity contribution in [3.63, 3.8) is 0 Å². The van der Waals surface area contributed by atoms with Crippen molar-refractivity contribution in [1.82, 2.24) is 0 Å². The van der Waals surface area contributed by atoms with E-state index in [0.29, 0.717) is 26.4 Å². The van der Waals surface area contributed by atoms with Crippen molar-refractivity contribution in [3.8, 4) is 11.1 Å². The van der Waals surface area contributed by atoms with Crippen molar-refractivity contribution in [2.45, 2.75) is 13.2 Å². The van der Waals surface area contributed by atoms with Crippen LogP contribution in [0.3, 0.4) is 0 Å². The largest absolute Gasteiger partial charge is 0.372 e. The summed E-state index contributed by atoms with van der Waals surface area (Å²) in [4.78, 5) is 0. The predicted molar refractivity (Wildman–Crippen MR) is 115 cm³/mol. The molecule has 1 aliphatic rings. The van der Waals surface area contributed by atoms with Crippen molar-refractivity contribution in [2.75, 3.05) is 13.2 Å². The third-order valence-electron chi connectivity index (χ3n) is 5.41. The molecule has 0 unspecified atom stereocenters. The van der Waals surface area contributed by atoms with Gasteiger partial charge in [-0.1, -0.05) is 79.4 Å². The van der Waals surface area contributed by atoms with Gasteiger partial charge in [-0.25, -0.2) is 0 Å². The van der Waals surface area contributed by atoms with E-state index in [1.54, 1.807) is 0 Å². The van der Waals surface area contributed by atoms with Gasteiger partial charge in [0.25, 0.3) is 0 Å². The lowest BCUT2D eigenvalue weighted by atomic mass is 9.87. The van der Waals surface area contributed by atoms with Gasteiger partial charge in [-0.3, -0.25) is 0 Å². The second kappa shape index (κ2) is 7.23. The Morgan fingerprint density at radius 3 is 1.50 bits per heavy atom. The molecular formula is C26H22O2. The van der Waals surface area contributed by atoms with Gasteiger partial charge in [-0.2, -0.15) is 0 Å². The molecule has 0 atom stereocenters. The third kappa shape index (κ3) is 3.01. The lowest BCUT2D eigenvalue weighted by Gasteiger charge is -2.19. The van der Waals surface area contributed by atoms with E-state index in [1.807, 2.05) is 0 Å². The van der Waals surface area contributed by atoms with Crippen LogP contribution in [0.25, 0.3) is 32.7 Å². The minimum Gasteiger partial charge on any atom is -0.372 e. The molecule has 138 valence electrons. The number of rotatable bonds is 0. The first-order chi connectivity index (χ1) is 13.8. The van der Waals surface area contributed by atoms with Crippen molar-refractivity contribution < 1.29 is 9.47 Å². The molecule has 0 saturated carbocycles. The van der Waals surface area contributed by atoms with Gasteiger partial charge in [-0.15, -0.1) is 0 Å². The molecule has 1 aliphatic heterocycles. The molecule has 0 radical (unpaired) electrons. The first kappa shape index (κ1) is 17.2. The normalized spacial score (nSPS) is 15.1. The van der Waals surface area contributed by atoms with Crippen LogP contribution in [0.1, 0.15) is 11.1 Å². The van der Waals surface area contributed by atoms with Crippen molar-refractivity contribution in [3.05, 3.63) is 96.1 Å². The zero-order chi connectivity index (χ0) is 18.9. The summed E-state index contributed by atoms with van der Waals surface area (Å²) in [5.41, 5.74) is 5.87. The fourth-order valence-electron chi connectivity index (χ4n) is 4.12. The average molecular weight is 366 g/mol. The van der Waals surface area contributed by atoms with Crippen LogP contribution >= 0.6 is 0 Å². The zero-order valence-corrected chi connectivity index (χ0v) is 15.8. The number of fused-ring (bicyclic) bond motifs is 7. The molecule has 0 spiro atoms. The zero-order valence-electron chi connectivity index (χ0n) is 15.8. The minimum absolute atomic E-state index is 0.517. The van der Waals surface area contributed by atoms with E-state index in [0.717, 1.165) is 5.57 Å². The summed E-state index contributed by atoms with van der Waals surface area (Å²) < 4.78 is 12.0. The van der Waals surface area contributed by atoms with E-state index in [1.165, 1.54) is 43.8 Å². The SMILES string of the molecule is C=C1COCc2ccc3ccccc3c2-c2c(ccc3ccccc23)COC1. The summed E-state index contributed by atoms with van der Waals surface area (Å²) in [7, 11) is 0. The second-order valence-corrected chi connectivity index (χ2v) is 7.38. The Kier molecular flexibility index (Phi) is 4.44. The van der Waals surface area contributed by atoms with Crippen LogP contribution in [0.5, 0.6) is 0 Å². The molecule has 0 aliphatic carbocycles.